The molecule has 0 radical (unpaired) electrons. The monoisotopic (exact) mass is 271 g/mol. The van der Waals surface area contributed by atoms with Gasteiger partial charge in [0, 0.05) is 12.5 Å². The average Bonchev–Trinajstić information content (AvgIpc) is 2.31. The van der Waals surface area contributed by atoms with Crippen molar-refractivity contribution in [2.75, 3.05) is 11.4 Å². The number of carboxylic acids is 1. The molecule has 6 heteroatoms. The van der Waals surface area contributed by atoms with E-state index in [0.29, 0.717) is 0 Å². The van der Waals surface area contributed by atoms with Crippen LogP contribution in [0.2, 0.25) is 0 Å². The molecule has 0 unspecified atom stereocenters. The predicted octanol–water partition coefficient (Wildman–Crippen LogP) is 2.43. The third kappa shape index (κ3) is 3.74. The summed E-state index contributed by atoms with van der Waals surface area (Å²) >= 11 is 0. The number of halogens is 2. The maximum Gasteiger partial charge on any atom is 0.305 e. The van der Waals surface area contributed by atoms with Crippen molar-refractivity contribution in [2.45, 2.75) is 20.3 Å². The smallest absolute Gasteiger partial charge is 0.305 e. The summed E-state index contributed by atoms with van der Waals surface area (Å²) in [5, 5.41) is 8.64. The number of carbonyl (C=O) groups is 2. The first kappa shape index (κ1) is 15.1. The minimum absolute atomic E-state index is 0.274. The Hall–Kier alpha value is -1.98. The number of hydrogen-bond donors (Lipinski definition) is 1. The summed E-state index contributed by atoms with van der Waals surface area (Å²) in [5.41, 5.74) is -0.498. The summed E-state index contributed by atoms with van der Waals surface area (Å²) in [4.78, 5) is 23.4. The van der Waals surface area contributed by atoms with Crippen LogP contribution >= 0.6 is 0 Å². The molecule has 0 bridgehead atoms. The van der Waals surface area contributed by atoms with Gasteiger partial charge in [-0.2, -0.15) is 0 Å². The van der Waals surface area contributed by atoms with Crippen LogP contribution in [0.5, 0.6) is 0 Å². The average molecular weight is 271 g/mol. The molecule has 0 spiro atoms. The lowest BCUT2D eigenvalue weighted by Crippen LogP contribution is -2.37. The molecule has 4 nitrogen and oxygen atoms in total. The molecule has 0 aromatic heterocycles. The van der Waals surface area contributed by atoms with Crippen LogP contribution < -0.4 is 4.90 Å². The van der Waals surface area contributed by atoms with Gasteiger partial charge in [-0.15, -0.1) is 0 Å². The lowest BCUT2D eigenvalue weighted by Gasteiger charge is -2.24. The number of anilines is 1. The van der Waals surface area contributed by atoms with Crippen molar-refractivity contribution < 1.29 is 23.5 Å². The fourth-order valence-corrected chi connectivity index (χ4v) is 1.60. The molecule has 1 N–H and O–H groups in total. The molecule has 1 amide bonds. The van der Waals surface area contributed by atoms with Gasteiger partial charge in [-0.25, -0.2) is 8.78 Å². The van der Waals surface area contributed by atoms with Gasteiger partial charge in [-0.3, -0.25) is 9.59 Å². The molecule has 0 aliphatic rings. The Labute approximate surface area is 109 Å². The van der Waals surface area contributed by atoms with E-state index in [1.807, 2.05) is 0 Å². The highest BCUT2D eigenvalue weighted by Crippen LogP contribution is 2.25. The fourth-order valence-electron chi connectivity index (χ4n) is 1.60. The number of hydrogen-bond acceptors (Lipinski definition) is 2. The van der Waals surface area contributed by atoms with E-state index in [9.17, 15) is 18.4 Å². The Balaban J connectivity index is 3.15. The standard InChI is InChI=1S/C13H15F2NO3/c1-8(2)13(19)16(7-6-11(17)18)12-9(14)4-3-5-10(12)15/h3-5,8H,6-7H2,1-2H3,(H,17,18). The van der Waals surface area contributed by atoms with Crippen molar-refractivity contribution >= 4 is 17.6 Å². The largest absolute Gasteiger partial charge is 0.481 e. The third-order valence-corrected chi connectivity index (χ3v) is 2.52. The third-order valence-electron chi connectivity index (χ3n) is 2.52. The van der Waals surface area contributed by atoms with E-state index in [-0.39, 0.29) is 13.0 Å². The first-order valence-electron chi connectivity index (χ1n) is 5.81. The zero-order chi connectivity index (χ0) is 14.6. The summed E-state index contributed by atoms with van der Waals surface area (Å²) in [6.07, 6.45) is -0.383. The Bertz CT molecular complexity index is 469. The molecule has 0 aliphatic carbocycles. The Morgan fingerprint density at radius 1 is 1.26 bits per heavy atom. The fraction of sp³-hybridized carbons (Fsp3) is 0.385. The zero-order valence-electron chi connectivity index (χ0n) is 10.7. The highest BCUT2D eigenvalue weighted by Gasteiger charge is 2.25. The van der Waals surface area contributed by atoms with Gasteiger partial charge in [0.15, 0.2) is 0 Å². The Morgan fingerprint density at radius 3 is 2.21 bits per heavy atom. The van der Waals surface area contributed by atoms with Crippen molar-refractivity contribution in [3.63, 3.8) is 0 Å². The number of carboxylic acid groups (broad SMARTS) is 1. The van der Waals surface area contributed by atoms with Crippen molar-refractivity contribution in [1.82, 2.24) is 0 Å². The number of nitrogens with zero attached hydrogens (tertiary/aromatic N) is 1. The maximum atomic E-state index is 13.7. The molecule has 0 aliphatic heterocycles. The number of benzene rings is 1. The molecular formula is C13H15F2NO3. The van der Waals surface area contributed by atoms with Gasteiger partial charge in [0.1, 0.15) is 17.3 Å². The molecular weight excluding hydrogens is 256 g/mol. The van der Waals surface area contributed by atoms with Crippen molar-refractivity contribution in [3.05, 3.63) is 29.8 Å². The van der Waals surface area contributed by atoms with Crippen LogP contribution in [0.4, 0.5) is 14.5 Å². The second kappa shape index (κ2) is 6.26. The van der Waals surface area contributed by atoms with Gasteiger partial charge in [-0.1, -0.05) is 19.9 Å². The second-order valence-corrected chi connectivity index (χ2v) is 4.36. The van der Waals surface area contributed by atoms with E-state index in [1.54, 1.807) is 13.8 Å². The number of amides is 1. The molecule has 1 aromatic carbocycles. The minimum atomic E-state index is -1.14. The van der Waals surface area contributed by atoms with Crippen LogP contribution in [-0.4, -0.2) is 23.5 Å². The van der Waals surface area contributed by atoms with Crippen LogP contribution in [0.25, 0.3) is 0 Å². The van der Waals surface area contributed by atoms with E-state index in [0.717, 1.165) is 17.0 Å². The van der Waals surface area contributed by atoms with E-state index >= 15 is 0 Å². The van der Waals surface area contributed by atoms with E-state index in [4.69, 9.17) is 5.11 Å². The van der Waals surface area contributed by atoms with Gasteiger partial charge in [0.25, 0.3) is 0 Å². The van der Waals surface area contributed by atoms with Crippen molar-refractivity contribution in [3.8, 4) is 0 Å². The molecule has 19 heavy (non-hydrogen) atoms. The predicted molar refractivity (Wildman–Crippen MR) is 65.8 cm³/mol. The van der Waals surface area contributed by atoms with Gasteiger partial charge >= 0.3 is 5.97 Å². The topological polar surface area (TPSA) is 57.6 Å². The van der Waals surface area contributed by atoms with Crippen molar-refractivity contribution in [2.24, 2.45) is 5.92 Å². The number of carbonyl (C=O) groups excluding carboxylic acids is 1. The normalized spacial score (nSPS) is 10.6. The second-order valence-electron chi connectivity index (χ2n) is 4.36. The van der Waals surface area contributed by atoms with Gasteiger partial charge in [-0.05, 0) is 12.1 Å². The Kier molecular flexibility index (Phi) is 4.97. The lowest BCUT2D eigenvalue weighted by molar-refractivity contribution is -0.136. The molecule has 0 heterocycles. The molecule has 1 rings (SSSR count). The van der Waals surface area contributed by atoms with Gasteiger partial charge in [0.05, 0.1) is 6.42 Å². The molecule has 0 atom stereocenters. The highest BCUT2D eigenvalue weighted by molar-refractivity contribution is 5.95. The first-order chi connectivity index (χ1) is 8.84. The SMILES string of the molecule is CC(C)C(=O)N(CCC(=O)O)c1c(F)cccc1F. The number of rotatable bonds is 5. The van der Waals surface area contributed by atoms with Crippen LogP contribution in [0, 0.1) is 17.6 Å². The number of para-hydroxylation sites is 1. The van der Waals surface area contributed by atoms with Crippen LogP contribution in [-0.2, 0) is 9.59 Å². The summed E-state index contributed by atoms with van der Waals surface area (Å²) in [6, 6.07) is 3.24. The highest BCUT2D eigenvalue weighted by atomic mass is 19.1. The van der Waals surface area contributed by atoms with E-state index in [2.05, 4.69) is 0 Å². The number of aliphatic carboxylic acids is 1. The Morgan fingerprint density at radius 2 is 1.79 bits per heavy atom. The van der Waals surface area contributed by atoms with Gasteiger partial charge in [0.2, 0.25) is 5.91 Å². The summed E-state index contributed by atoms with van der Waals surface area (Å²) < 4.78 is 27.3. The summed E-state index contributed by atoms with van der Waals surface area (Å²) in [5.74, 6) is -3.94. The summed E-state index contributed by atoms with van der Waals surface area (Å²) in [6.45, 7) is 2.88. The molecule has 0 saturated carbocycles. The van der Waals surface area contributed by atoms with Crippen LogP contribution in [0.1, 0.15) is 20.3 Å². The lowest BCUT2D eigenvalue weighted by atomic mass is 10.1. The first-order valence-corrected chi connectivity index (χ1v) is 5.81. The minimum Gasteiger partial charge on any atom is -0.481 e. The summed E-state index contributed by atoms with van der Waals surface area (Å²) in [7, 11) is 0. The maximum absolute atomic E-state index is 13.7. The quantitative estimate of drug-likeness (QED) is 0.894. The zero-order valence-corrected chi connectivity index (χ0v) is 10.7. The van der Waals surface area contributed by atoms with Crippen molar-refractivity contribution in [1.29, 1.82) is 0 Å². The molecule has 1 aromatic rings. The van der Waals surface area contributed by atoms with Crippen LogP contribution in [0.15, 0.2) is 18.2 Å². The molecule has 104 valence electrons. The molecule has 0 fully saturated rings. The van der Waals surface area contributed by atoms with Gasteiger partial charge < -0.3 is 10.0 Å². The van der Waals surface area contributed by atoms with E-state index < -0.39 is 35.1 Å². The molecule has 0 saturated heterocycles. The van der Waals surface area contributed by atoms with E-state index in [1.165, 1.54) is 6.07 Å². The van der Waals surface area contributed by atoms with Crippen LogP contribution in [0.3, 0.4) is 0 Å².